The van der Waals surface area contributed by atoms with Gasteiger partial charge in [-0.25, -0.2) is 0 Å². The molecule has 1 fully saturated rings. The molecule has 0 unspecified atom stereocenters. The summed E-state index contributed by atoms with van der Waals surface area (Å²) in [6, 6.07) is 0. The molecule has 12 heavy (non-hydrogen) atoms. The van der Waals surface area contributed by atoms with Gasteiger partial charge in [0.15, 0.2) is 0 Å². The predicted molar refractivity (Wildman–Crippen MR) is 44.8 cm³/mol. The minimum absolute atomic E-state index is 0.523. The molecule has 0 aliphatic heterocycles. The highest BCUT2D eigenvalue weighted by atomic mass is 16.4. The van der Waals surface area contributed by atoms with Crippen molar-refractivity contribution in [3.05, 3.63) is 0 Å². The van der Waals surface area contributed by atoms with Gasteiger partial charge in [0.05, 0.1) is 12.0 Å². The fourth-order valence-electron chi connectivity index (χ4n) is 1.75. The normalized spacial score (nSPS) is 32.1. The second kappa shape index (κ2) is 4.45. The third-order valence-electron chi connectivity index (χ3n) is 2.55. The smallest absolute Gasteiger partial charge is 0.309 e. The van der Waals surface area contributed by atoms with Crippen molar-refractivity contribution in [2.24, 2.45) is 5.92 Å². The Hall–Kier alpha value is -0.570. The molecule has 0 bridgehead atoms. The van der Waals surface area contributed by atoms with E-state index in [0.29, 0.717) is 12.8 Å². The number of rotatable bonds is 1. The molecular weight excluding hydrogens is 156 g/mol. The Balaban J connectivity index is 2.48. The van der Waals surface area contributed by atoms with Crippen molar-refractivity contribution in [2.45, 2.75) is 44.6 Å². The van der Waals surface area contributed by atoms with Gasteiger partial charge in [-0.05, 0) is 12.8 Å². The Labute approximate surface area is 72.4 Å². The molecule has 1 aliphatic carbocycles. The second-order valence-corrected chi connectivity index (χ2v) is 3.50. The third-order valence-corrected chi connectivity index (χ3v) is 2.55. The zero-order chi connectivity index (χ0) is 8.97. The summed E-state index contributed by atoms with van der Waals surface area (Å²) in [6.07, 6.45) is 4.80. The Morgan fingerprint density at radius 1 is 1.08 bits per heavy atom. The molecule has 0 heterocycles. The number of carboxylic acids is 1. The van der Waals surface area contributed by atoms with Crippen LogP contribution in [-0.4, -0.2) is 22.3 Å². The second-order valence-electron chi connectivity index (χ2n) is 3.50. The van der Waals surface area contributed by atoms with Crippen LogP contribution in [0, 0.1) is 5.92 Å². The third kappa shape index (κ3) is 2.48. The molecule has 0 aromatic rings. The number of aliphatic hydroxyl groups is 1. The van der Waals surface area contributed by atoms with Gasteiger partial charge in [-0.3, -0.25) is 4.79 Å². The lowest BCUT2D eigenvalue weighted by Gasteiger charge is -2.21. The van der Waals surface area contributed by atoms with E-state index in [9.17, 15) is 9.90 Å². The number of hydrogen-bond acceptors (Lipinski definition) is 2. The van der Waals surface area contributed by atoms with Crippen molar-refractivity contribution < 1.29 is 15.0 Å². The van der Waals surface area contributed by atoms with Gasteiger partial charge < -0.3 is 10.2 Å². The maximum atomic E-state index is 10.7. The summed E-state index contributed by atoms with van der Waals surface area (Å²) in [5, 5.41) is 18.2. The highest BCUT2D eigenvalue weighted by Crippen LogP contribution is 2.22. The van der Waals surface area contributed by atoms with Gasteiger partial charge in [-0.15, -0.1) is 0 Å². The lowest BCUT2D eigenvalue weighted by molar-refractivity contribution is -0.146. The monoisotopic (exact) mass is 172 g/mol. The molecule has 3 nitrogen and oxygen atoms in total. The summed E-state index contributed by atoms with van der Waals surface area (Å²) >= 11 is 0. The van der Waals surface area contributed by atoms with E-state index in [1.807, 2.05) is 0 Å². The van der Waals surface area contributed by atoms with Crippen LogP contribution in [0.25, 0.3) is 0 Å². The van der Waals surface area contributed by atoms with Crippen LogP contribution in [0.1, 0.15) is 38.5 Å². The molecule has 1 aliphatic rings. The molecule has 0 radical (unpaired) electrons. The van der Waals surface area contributed by atoms with Crippen LogP contribution >= 0.6 is 0 Å². The van der Waals surface area contributed by atoms with Crippen LogP contribution in [-0.2, 0) is 4.79 Å². The number of carbonyl (C=O) groups is 1. The van der Waals surface area contributed by atoms with E-state index >= 15 is 0 Å². The number of aliphatic hydroxyl groups excluding tert-OH is 1. The fourth-order valence-corrected chi connectivity index (χ4v) is 1.75. The Morgan fingerprint density at radius 3 is 2.25 bits per heavy atom. The first-order valence-electron chi connectivity index (χ1n) is 4.62. The van der Waals surface area contributed by atoms with Crippen molar-refractivity contribution in [3.63, 3.8) is 0 Å². The highest BCUT2D eigenvalue weighted by molar-refractivity contribution is 5.70. The summed E-state index contributed by atoms with van der Waals surface area (Å²) in [5.41, 5.74) is 0. The predicted octanol–water partition coefficient (Wildman–Crippen LogP) is 1.40. The van der Waals surface area contributed by atoms with Gasteiger partial charge in [0.1, 0.15) is 0 Å². The molecule has 3 heteroatoms. The van der Waals surface area contributed by atoms with Crippen LogP contribution in [0.3, 0.4) is 0 Å². The maximum absolute atomic E-state index is 10.7. The van der Waals surface area contributed by atoms with E-state index in [1.54, 1.807) is 0 Å². The molecule has 0 spiro atoms. The van der Waals surface area contributed by atoms with Crippen LogP contribution < -0.4 is 0 Å². The highest BCUT2D eigenvalue weighted by Gasteiger charge is 2.26. The van der Waals surface area contributed by atoms with E-state index < -0.39 is 18.0 Å². The SMILES string of the molecule is O=C(O)[C@H]1CCCCCC[C@@H]1O. The first-order valence-corrected chi connectivity index (χ1v) is 4.62. The van der Waals surface area contributed by atoms with E-state index in [2.05, 4.69) is 0 Å². The van der Waals surface area contributed by atoms with Crippen molar-refractivity contribution in [1.29, 1.82) is 0 Å². The first kappa shape index (κ1) is 9.52. The Morgan fingerprint density at radius 2 is 1.67 bits per heavy atom. The van der Waals surface area contributed by atoms with Gasteiger partial charge in [0.25, 0.3) is 0 Å². The molecule has 2 N–H and O–H groups in total. The van der Waals surface area contributed by atoms with Crippen LogP contribution in [0.2, 0.25) is 0 Å². The summed E-state index contributed by atoms with van der Waals surface area (Å²) < 4.78 is 0. The van der Waals surface area contributed by atoms with E-state index in [1.165, 1.54) is 0 Å². The average molecular weight is 172 g/mol. The Bertz CT molecular complexity index is 156. The molecule has 1 rings (SSSR count). The molecule has 70 valence electrons. The van der Waals surface area contributed by atoms with E-state index in [0.717, 1.165) is 25.7 Å². The van der Waals surface area contributed by atoms with Gasteiger partial charge in [-0.1, -0.05) is 25.7 Å². The average Bonchev–Trinajstić information content (AvgIpc) is 1.96. The molecule has 1 saturated carbocycles. The molecule has 0 saturated heterocycles. The molecule has 0 aromatic heterocycles. The van der Waals surface area contributed by atoms with Crippen molar-refractivity contribution in [1.82, 2.24) is 0 Å². The lowest BCUT2D eigenvalue weighted by Crippen LogP contribution is -2.29. The van der Waals surface area contributed by atoms with Gasteiger partial charge in [0, 0.05) is 0 Å². The van der Waals surface area contributed by atoms with Gasteiger partial charge in [-0.2, -0.15) is 0 Å². The summed E-state index contributed by atoms with van der Waals surface area (Å²) in [4.78, 5) is 10.7. The van der Waals surface area contributed by atoms with Crippen LogP contribution in [0.15, 0.2) is 0 Å². The van der Waals surface area contributed by atoms with E-state index in [4.69, 9.17) is 5.11 Å². The van der Waals surface area contributed by atoms with Crippen molar-refractivity contribution >= 4 is 5.97 Å². The van der Waals surface area contributed by atoms with Gasteiger partial charge in [0.2, 0.25) is 0 Å². The van der Waals surface area contributed by atoms with Crippen molar-refractivity contribution in [2.75, 3.05) is 0 Å². The number of hydrogen-bond donors (Lipinski definition) is 2. The lowest BCUT2D eigenvalue weighted by atomic mass is 9.89. The number of carboxylic acid groups (broad SMARTS) is 1. The largest absolute Gasteiger partial charge is 0.481 e. The van der Waals surface area contributed by atoms with Crippen molar-refractivity contribution in [3.8, 4) is 0 Å². The summed E-state index contributed by atoms with van der Waals surface area (Å²) in [6.45, 7) is 0. The fraction of sp³-hybridized carbons (Fsp3) is 0.889. The first-order chi connectivity index (χ1) is 5.72. The molecule has 0 aromatic carbocycles. The molecule has 0 amide bonds. The minimum atomic E-state index is -0.843. The molecule has 2 atom stereocenters. The summed E-state index contributed by atoms with van der Waals surface area (Å²) in [5.74, 6) is -1.37. The zero-order valence-electron chi connectivity index (χ0n) is 7.20. The topological polar surface area (TPSA) is 57.5 Å². The Kier molecular flexibility index (Phi) is 3.53. The van der Waals surface area contributed by atoms with E-state index in [-0.39, 0.29) is 0 Å². The van der Waals surface area contributed by atoms with Gasteiger partial charge >= 0.3 is 5.97 Å². The number of aliphatic carboxylic acids is 1. The minimum Gasteiger partial charge on any atom is -0.481 e. The standard InChI is InChI=1S/C9H16O3/c10-8-6-4-2-1-3-5-7(8)9(11)12/h7-8,10H,1-6H2,(H,11,12)/t7-,8-/m0/s1. The zero-order valence-corrected chi connectivity index (χ0v) is 7.20. The maximum Gasteiger partial charge on any atom is 0.309 e. The van der Waals surface area contributed by atoms with Crippen LogP contribution in [0.5, 0.6) is 0 Å². The summed E-state index contributed by atoms with van der Waals surface area (Å²) in [7, 11) is 0. The molecular formula is C9H16O3. The quantitative estimate of drug-likeness (QED) is 0.628. The van der Waals surface area contributed by atoms with Crippen LogP contribution in [0.4, 0.5) is 0 Å².